The molecule has 2 aliphatic heterocycles. The normalized spacial score (nSPS) is 26.4. The third-order valence-corrected chi connectivity index (χ3v) is 7.31. The fourth-order valence-electron chi connectivity index (χ4n) is 5.24. The number of furan rings is 1. The predicted octanol–water partition coefficient (Wildman–Crippen LogP) is 4.20. The second-order valence-electron chi connectivity index (χ2n) is 10.2. The van der Waals surface area contributed by atoms with Crippen molar-refractivity contribution in [2.45, 2.75) is 56.8 Å². The fourth-order valence-corrected chi connectivity index (χ4v) is 5.24. The van der Waals surface area contributed by atoms with Crippen molar-refractivity contribution in [1.29, 1.82) is 0 Å². The summed E-state index contributed by atoms with van der Waals surface area (Å²) in [6.07, 6.45) is -4.27. The van der Waals surface area contributed by atoms with Gasteiger partial charge in [-0.15, -0.1) is 0 Å². The van der Waals surface area contributed by atoms with E-state index in [4.69, 9.17) is 23.4 Å². The Morgan fingerprint density at radius 1 is 1.00 bits per heavy atom. The van der Waals surface area contributed by atoms with Crippen molar-refractivity contribution in [3.05, 3.63) is 95.2 Å². The van der Waals surface area contributed by atoms with Crippen LogP contribution in [0.5, 0.6) is 11.5 Å². The number of aromatic hydroxyl groups is 1. The van der Waals surface area contributed by atoms with E-state index in [1.807, 2.05) is 54.6 Å². The highest BCUT2D eigenvalue weighted by atomic mass is 16.8. The van der Waals surface area contributed by atoms with Crippen LogP contribution in [0.25, 0.3) is 11.0 Å². The third kappa shape index (κ3) is 5.22. The molecule has 0 aliphatic carbocycles. The van der Waals surface area contributed by atoms with Gasteiger partial charge in [-0.2, -0.15) is 0 Å². The van der Waals surface area contributed by atoms with Gasteiger partial charge in [0.1, 0.15) is 47.1 Å². The number of carbonyl (C=O) groups excluding carboxylic acids is 1. The third-order valence-electron chi connectivity index (χ3n) is 7.31. The van der Waals surface area contributed by atoms with Gasteiger partial charge in [-0.1, -0.05) is 36.4 Å². The van der Waals surface area contributed by atoms with E-state index in [1.165, 1.54) is 6.07 Å². The molecule has 9 heteroatoms. The lowest BCUT2D eigenvalue weighted by atomic mass is 9.97. The van der Waals surface area contributed by atoms with Gasteiger partial charge >= 0.3 is 0 Å². The Bertz CT molecular complexity index is 1500. The van der Waals surface area contributed by atoms with Crippen molar-refractivity contribution in [2.75, 3.05) is 6.61 Å². The predicted molar refractivity (Wildman–Crippen MR) is 143 cm³/mol. The molecule has 2 fully saturated rings. The lowest BCUT2D eigenvalue weighted by Crippen LogP contribution is -2.63. The summed E-state index contributed by atoms with van der Waals surface area (Å²) in [6.45, 7) is 1.84. The van der Waals surface area contributed by atoms with E-state index in [0.717, 1.165) is 22.1 Å². The van der Waals surface area contributed by atoms with E-state index in [9.17, 15) is 20.1 Å². The summed E-state index contributed by atoms with van der Waals surface area (Å²) in [5, 5.41) is 33.5. The van der Waals surface area contributed by atoms with Gasteiger partial charge in [0.25, 0.3) is 0 Å². The lowest BCUT2D eigenvalue weighted by Gasteiger charge is -2.46. The molecule has 0 radical (unpaired) electrons. The van der Waals surface area contributed by atoms with Crippen molar-refractivity contribution in [3.63, 3.8) is 0 Å². The molecule has 0 bridgehead atoms. The molecule has 0 saturated carbocycles. The topological polar surface area (TPSA) is 128 Å². The molecule has 1 aromatic heterocycles. The first kappa shape index (κ1) is 26.5. The van der Waals surface area contributed by atoms with Crippen LogP contribution in [0.2, 0.25) is 0 Å². The van der Waals surface area contributed by atoms with Crippen molar-refractivity contribution in [3.8, 4) is 11.5 Å². The summed E-state index contributed by atoms with van der Waals surface area (Å²) in [6, 6.07) is 19.9. The quantitative estimate of drug-likeness (QED) is 0.292. The molecule has 3 N–H and O–H groups in total. The number of aryl methyl sites for hydroxylation is 2. The molecule has 6 atom stereocenters. The Kier molecular flexibility index (Phi) is 7.31. The highest BCUT2D eigenvalue weighted by molar-refractivity contribution is 6.01. The number of fused-ring (bicyclic) bond motifs is 2. The number of phenols is 1. The van der Waals surface area contributed by atoms with Crippen LogP contribution in [0.15, 0.2) is 77.4 Å². The number of ether oxygens (including phenoxy) is 4. The van der Waals surface area contributed by atoms with Crippen molar-refractivity contribution < 1.29 is 43.5 Å². The summed E-state index contributed by atoms with van der Waals surface area (Å²) < 4.78 is 29.1. The van der Waals surface area contributed by atoms with Gasteiger partial charge in [0.15, 0.2) is 12.1 Å². The Hall–Kier alpha value is -3.73. The SMILES string of the molecule is Cc1cc(O)c(C(=O)CCc2ccc3occc3c2)c(O[C@@H]2O[C@@H]3COC(c4ccccc4)O[C@H]3[C@H](O)[C@H]2O)c1. The first-order valence-corrected chi connectivity index (χ1v) is 13.2. The molecule has 6 rings (SSSR count). The highest BCUT2D eigenvalue weighted by Crippen LogP contribution is 2.37. The number of benzene rings is 3. The molecule has 40 heavy (non-hydrogen) atoms. The van der Waals surface area contributed by atoms with Gasteiger partial charge in [-0.05, 0) is 54.8 Å². The second-order valence-corrected chi connectivity index (χ2v) is 10.2. The standard InChI is InChI=1S/C31H30O9/c1-17-13-22(33)26(21(32)9-7-18-8-10-23-20(15-18)11-12-36-23)24(14-17)38-31-28(35)27(34)29-25(39-31)16-37-30(40-29)19-5-3-2-4-6-19/h2-6,8,10-15,25,27-31,33-35H,7,9,16H2,1H3/t25-,27-,28-,29-,30?,31-/m1/s1. The van der Waals surface area contributed by atoms with Crippen molar-refractivity contribution >= 4 is 16.8 Å². The van der Waals surface area contributed by atoms with Crippen LogP contribution in [0.3, 0.4) is 0 Å². The molecular formula is C31H30O9. The monoisotopic (exact) mass is 546 g/mol. The maximum Gasteiger partial charge on any atom is 0.229 e. The number of hydrogen-bond acceptors (Lipinski definition) is 9. The van der Waals surface area contributed by atoms with E-state index in [-0.39, 0.29) is 35.9 Å². The van der Waals surface area contributed by atoms with Crippen LogP contribution in [-0.4, -0.2) is 58.4 Å². The molecule has 2 saturated heterocycles. The number of hydrogen-bond donors (Lipinski definition) is 3. The number of aliphatic hydroxyl groups is 2. The maximum atomic E-state index is 13.3. The molecular weight excluding hydrogens is 516 g/mol. The second kappa shape index (κ2) is 11.0. The molecule has 0 amide bonds. The van der Waals surface area contributed by atoms with Crippen LogP contribution in [0, 0.1) is 6.92 Å². The smallest absolute Gasteiger partial charge is 0.229 e. The molecule has 208 valence electrons. The average Bonchev–Trinajstić information content (AvgIpc) is 3.43. The van der Waals surface area contributed by atoms with Gasteiger partial charge in [-0.3, -0.25) is 4.79 Å². The fraction of sp³-hybridized carbons (Fsp3) is 0.323. The number of carbonyl (C=O) groups is 1. The molecule has 9 nitrogen and oxygen atoms in total. The average molecular weight is 547 g/mol. The first-order chi connectivity index (χ1) is 19.4. The largest absolute Gasteiger partial charge is 0.507 e. The molecule has 1 unspecified atom stereocenters. The number of rotatable bonds is 7. The van der Waals surface area contributed by atoms with Crippen LogP contribution >= 0.6 is 0 Å². The minimum absolute atomic E-state index is 0.0114. The summed E-state index contributed by atoms with van der Waals surface area (Å²) >= 11 is 0. The zero-order chi connectivity index (χ0) is 27.8. The van der Waals surface area contributed by atoms with E-state index in [0.29, 0.717) is 12.0 Å². The molecule has 3 heterocycles. The van der Waals surface area contributed by atoms with Crippen LogP contribution < -0.4 is 4.74 Å². The number of Topliss-reactive ketones (excluding diaryl/α,β-unsaturated/α-hetero) is 1. The zero-order valence-electron chi connectivity index (χ0n) is 21.8. The minimum atomic E-state index is -1.48. The summed E-state index contributed by atoms with van der Waals surface area (Å²) in [5.41, 5.74) is 3.13. The van der Waals surface area contributed by atoms with E-state index in [1.54, 1.807) is 19.3 Å². The Balaban J connectivity index is 1.17. The Morgan fingerprint density at radius 2 is 1.82 bits per heavy atom. The number of ketones is 1. The minimum Gasteiger partial charge on any atom is -0.507 e. The van der Waals surface area contributed by atoms with Crippen molar-refractivity contribution in [1.82, 2.24) is 0 Å². The number of aliphatic hydroxyl groups excluding tert-OH is 2. The van der Waals surface area contributed by atoms with Crippen LogP contribution in [0.4, 0.5) is 0 Å². The maximum absolute atomic E-state index is 13.3. The molecule has 4 aromatic rings. The van der Waals surface area contributed by atoms with Gasteiger partial charge < -0.3 is 38.7 Å². The van der Waals surface area contributed by atoms with Gasteiger partial charge in [-0.25, -0.2) is 0 Å². The van der Waals surface area contributed by atoms with Crippen LogP contribution in [0.1, 0.15) is 39.8 Å². The Morgan fingerprint density at radius 3 is 2.65 bits per heavy atom. The number of phenolic OH excluding ortho intramolecular Hbond substituents is 1. The van der Waals surface area contributed by atoms with Crippen LogP contribution in [-0.2, 0) is 20.6 Å². The lowest BCUT2D eigenvalue weighted by molar-refractivity contribution is -0.350. The summed E-state index contributed by atoms with van der Waals surface area (Å²) in [5.74, 6) is -0.509. The van der Waals surface area contributed by atoms with Gasteiger partial charge in [0.2, 0.25) is 6.29 Å². The van der Waals surface area contributed by atoms with Crippen molar-refractivity contribution in [2.24, 2.45) is 0 Å². The van der Waals surface area contributed by atoms with Gasteiger partial charge in [0.05, 0.1) is 12.9 Å². The molecule has 0 spiro atoms. The van der Waals surface area contributed by atoms with E-state index < -0.39 is 37.0 Å². The molecule has 2 aliphatic rings. The van der Waals surface area contributed by atoms with Gasteiger partial charge in [0, 0.05) is 17.4 Å². The summed E-state index contributed by atoms with van der Waals surface area (Å²) in [4.78, 5) is 13.3. The summed E-state index contributed by atoms with van der Waals surface area (Å²) in [7, 11) is 0. The van der Waals surface area contributed by atoms with E-state index >= 15 is 0 Å². The zero-order valence-corrected chi connectivity index (χ0v) is 21.8. The first-order valence-electron chi connectivity index (χ1n) is 13.2. The molecule has 3 aromatic carbocycles. The highest BCUT2D eigenvalue weighted by Gasteiger charge is 2.50. The Labute approximate surface area is 230 Å². The van der Waals surface area contributed by atoms with E-state index in [2.05, 4.69) is 0 Å².